The van der Waals surface area contributed by atoms with Gasteiger partial charge in [-0.15, -0.1) is 12.4 Å². The van der Waals surface area contributed by atoms with Gasteiger partial charge in [-0.05, 0) is 31.7 Å². The predicted octanol–water partition coefficient (Wildman–Crippen LogP) is 2.26. The van der Waals surface area contributed by atoms with Crippen LogP contribution in [0, 0.1) is 0 Å². The molecule has 0 saturated carbocycles. The van der Waals surface area contributed by atoms with Crippen molar-refractivity contribution >= 4 is 47.4 Å². The van der Waals surface area contributed by atoms with E-state index in [0.717, 1.165) is 6.54 Å². The van der Waals surface area contributed by atoms with Crippen LogP contribution in [0.15, 0.2) is 18.2 Å². The zero-order valence-corrected chi connectivity index (χ0v) is 14.7. The molecule has 0 aliphatic carbocycles. The summed E-state index contributed by atoms with van der Waals surface area (Å²) >= 11 is 11.6. The van der Waals surface area contributed by atoms with Crippen LogP contribution in [0.4, 0.5) is 0 Å². The quantitative estimate of drug-likeness (QED) is 0.691. The highest BCUT2D eigenvalue weighted by Gasteiger charge is 2.10. The minimum absolute atomic E-state index is 0. The fourth-order valence-electron chi connectivity index (χ4n) is 1.65. The molecule has 22 heavy (non-hydrogen) atoms. The number of halogens is 3. The highest BCUT2D eigenvalue weighted by molar-refractivity contribution is 6.42. The molecule has 2 amide bonds. The van der Waals surface area contributed by atoms with Gasteiger partial charge in [-0.3, -0.25) is 9.59 Å². The first-order valence-corrected chi connectivity index (χ1v) is 7.43. The molecule has 8 heteroatoms. The second kappa shape index (κ2) is 10.7. The molecule has 0 saturated heterocycles. The van der Waals surface area contributed by atoms with Crippen molar-refractivity contribution in [2.75, 3.05) is 19.6 Å². The fraction of sp³-hybridized carbons (Fsp3) is 0.429. The standard InChI is InChI=1S/C14H19Cl2N3O2.ClH/c1-3-17-9(2)7-18-13(20)8-19-14(21)10-4-5-11(15)12(16)6-10;/h4-6,9,17H,3,7-8H2,1-2H3,(H,18,20)(H,19,21);1H/t9-;/m1./s1. The lowest BCUT2D eigenvalue weighted by Crippen LogP contribution is -2.43. The van der Waals surface area contributed by atoms with Crippen LogP contribution in [-0.2, 0) is 4.79 Å². The van der Waals surface area contributed by atoms with E-state index in [2.05, 4.69) is 16.0 Å². The van der Waals surface area contributed by atoms with Crippen LogP contribution in [0.25, 0.3) is 0 Å². The minimum atomic E-state index is -0.372. The van der Waals surface area contributed by atoms with Crippen molar-refractivity contribution in [3.8, 4) is 0 Å². The van der Waals surface area contributed by atoms with E-state index in [1.807, 2.05) is 13.8 Å². The number of amides is 2. The Morgan fingerprint density at radius 3 is 2.45 bits per heavy atom. The third kappa shape index (κ3) is 7.31. The molecule has 1 aromatic carbocycles. The maximum atomic E-state index is 11.8. The van der Waals surface area contributed by atoms with Gasteiger partial charge in [0.2, 0.25) is 5.91 Å². The Bertz CT molecular complexity index is 512. The van der Waals surface area contributed by atoms with Crippen molar-refractivity contribution in [2.45, 2.75) is 19.9 Å². The lowest BCUT2D eigenvalue weighted by atomic mass is 10.2. The van der Waals surface area contributed by atoms with Crippen LogP contribution < -0.4 is 16.0 Å². The molecule has 124 valence electrons. The normalized spacial score (nSPS) is 11.3. The number of likely N-dealkylation sites (N-methyl/N-ethyl adjacent to an activating group) is 1. The summed E-state index contributed by atoms with van der Waals surface area (Å²) in [6.45, 7) is 5.23. The molecule has 0 spiro atoms. The maximum absolute atomic E-state index is 11.8. The van der Waals surface area contributed by atoms with Crippen LogP contribution in [0.2, 0.25) is 10.0 Å². The Morgan fingerprint density at radius 2 is 1.86 bits per heavy atom. The third-order valence-corrected chi connectivity index (χ3v) is 3.49. The van der Waals surface area contributed by atoms with Crippen molar-refractivity contribution in [1.29, 1.82) is 0 Å². The number of hydrogen-bond donors (Lipinski definition) is 3. The highest BCUT2D eigenvalue weighted by atomic mass is 35.5. The topological polar surface area (TPSA) is 70.2 Å². The SMILES string of the molecule is CCN[C@H](C)CNC(=O)CNC(=O)c1ccc(Cl)c(Cl)c1.Cl. The van der Waals surface area contributed by atoms with Crippen LogP contribution in [0.1, 0.15) is 24.2 Å². The largest absolute Gasteiger partial charge is 0.353 e. The van der Waals surface area contributed by atoms with Crippen molar-refractivity contribution < 1.29 is 9.59 Å². The van der Waals surface area contributed by atoms with E-state index >= 15 is 0 Å². The van der Waals surface area contributed by atoms with Crippen molar-refractivity contribution in [3.63, 3.8) is 0 Å². The summed E-state index contributed by atoms with van der Waals surface area (Å²) < 4.78 is 0. The van der Waals surface area contributed by atoms with Gasteiger partial charge in [0.1, 0.15) is 0 Å². The first-order valence-electron chi connectivity index (χ1n) is 6.67. The summed E-state index contributed by atoms with van der Waals surface area (Å²) in [5.41, 5.74) is 0.359. The Balaban J connectivity index is 0.00000441. The van der Waals surface area contributed by atoms with E-state index in [-0.39, 0.29) is 36.8 Å². The average Bonchev–Trinajstić information content (AvgIpc) is 2.45. The zero-order chi connectivity index (χ0) is 15.8. The van der Waals surface area contributed by atoms with Gasteiger partial charge >= 0.3 is 0 Å². The van der Waals surface area contributed by atoms with Gasteiger partial charge in [0, 0.05) is 18.2 Å². The van der Waals surface area contributed by atoms with Crippen LogP contribution in [0.5, 0.6) is 0 Å². The first-order chi connectivity index (χ1) is 9.93. The summed E-state index contributed by atoms with van der Waals surface area (Å²) in [5.74, 6) is -0.614. The van der Waals surface area contributed by atoms with Gasteiger partial charge in [-0.2, -0.15) is 0 Å². The van der Waals surface area contributed by atoms with Gasteiger partial charge < -0.3 is 16.0 Å². The number of carbonyl (C=O) groups is 2. The Kier molecular flexibility index (Phi) is 10.2. The van der Waals surface area contributed by atoms with Gasteiger partial charge in [-0.1, -0.05) is 30.1 Å². The van der Waals surface area contributed by atoms with Gasteiger partial charge in [-0.25, -0.2) is 0 Å². The summed E-state index contributed by atoms with van der Waals surface area (Å²) in [5, 5.41) is 9.11. The van der Waals surface area contributed by atoms with E-state index in [9.17, 15) is 9.59 Å². The van der Waals surface area contributed by atoms with E-state index in [1.54, 1.807) is 6.07 Å². The molecule has 0 bridgehead atoms. The molecule has 1 aromatic rings. The summed E-state index contributed by atoms with van der Waals surface area (Å²) in [6, 6.07) is 4.74. The van der Waals surface area contributed by atoms with Gasteiger partial charge in [0.05, 0.1) is 16.6 Å². The molecule has 1 atom stereocenters. The molecular formula is C14H20Cl3N3O2. The second-order valence-corrected chi connectivity index (χ2v) is 5.39. The molecular weight excluding hydrogens is 349 g/mol. The summed E-state index contributed by atoms with van der Waals surface area (Å²) in [4.78, 5) is 23.5. The minimum Gasteiger partial charge on any atom is -0.353 e. The Hall–Kier alpha value is -1.01. The fourth-order valence-corrected chi connectivity index (χ4v) is 1.95. The lowest BCUT2D eigenvalue weighted by molar-refractivity contribution is -0.120. The van der Waals surface area contributed by atoms with Crippen molar-refractivity contribution in [3.05, 3.63) is 33.8 Å². The Labute approximate surface area is 146 Å². The summed E-state index contributed by atoms with van der Waals surface area (Å²) in [7, 11) is 0. The maximum Gasteiger partial charge on any atom is 0.251 e. The Morgan fingerprint density at radius 1 is 1.18 bits per heavy atom. The van der Waals surface area contributed by atoms with Crippen molar-refractivity contribution in [2.24, 2.45) is 0 Å². The second-order valence-electron chi connectivity index (χ2n) is 4.57. The third-order valence-electron chi connectivity index (χ3n) is 2.75. The van der Waals surface area contributed by atoms with Crippen molar-refractivity contribution in [1.82, 2.24) is 16.0 Å². The van der Waals surface area contributed by atoms with Crippen LogP contribution >= 0.6 is 35.6 Å². The van der Waals surface area contributed by atoms with E-state index in [1.165, 1.54) is 12.1 Å². The van der Waals surface area contributed by atoms with Gasteiger partial charge in [0.15, 0.2) is 0 Å². The molecule has 1 rings (SSSR count). The number of nitrogens with one attached hydrogen (secondary N) is 3. The number of carbonyl (C=O) groups excluding carboxylic acids is 2. The number of hydrogen-bond acceptors (Lipinski definition) is 3. The zero-order valence-electron chi connectivity index (χ0n) is 12.4. The summed E-state index contributed by atoms with van der Waals surface area (Å²) in [6.07, 6.45) is 0. The molecule has 0 aliphatic heterocycles. The molecule has 0 fully saturated rings. The lowest BCUT2D eigenvalue weighted by Gasteiger charge is -2.13. The molecule has 0 radical (unpaired) electrons. The van der Waals surface area contributed by atoms with Gasteiger partial charge in [0.25, 0.3) is 5.91 Å². The molecule has 0 aromatic heterocycles. The monoisotopic (exact) mass is 367 g/mol. The highest BCUT2D eigenvalue weighted by Crippen LogP contribution is 2.22. The van der Waals surface area contributed by atoms with E-state index < -0.39 is 0 Å². The van der Waals surface area contributed by atoms with Crippen LogP contribution in [-0.4, -0.2) is 37.5 Å². The molecule has 0 aliphatic rings. The molecule has 5 nitrogen and oxygen atoms in total. The predicted molar refractivity (Wildman–Crippen MR) is 92.2 cm³/mol. The van der Waals surface area contributed by atoms with Crippen LogP contribution in [0.3, 0.4) is 0 Å². The number of rotatable bonds is 7. The van der Waals surface area contributed by atoms with E-state index in [0.29, 0.717) is 22.2 Å². The first kappa shape index (κ1) is 21.0. The molecule has 0 unspecified atom stereocenters. The molecule has 0 heterocycles. The average molecular weight is 369 g/mol. The smallest absolute Gasteiger partial charge is 0.251 e. The van der Waals surface area contributed by atoms with E-state index in [4.69, 9.17) is 23.2 Å². The number of benzene rings is 1. The molecule has 3 N–H and O–H groups in total.